The van der Waals surface area contributed by atoms with Gasteiger partial charge in [0.25, 0.3) is 5.91 Å². The molecule has 0 saturated carbocycles. The Hall–Kier alpha value is -1.98. The number of anilines is 1. The monoisotopic (exact) mass is 343 g/mol. The van der Waals surface area contributed by atoms with Crippen LogP contribution in [0.3, 0.4) is 0 Å². The van der Waals surface area contributed by atoms with Crippen molar-refractivity contribution in [2.75, 3.05) is 11.9 Å². The molecule has 0 spiro atoms. The summed E-state index contributed by atoms with van der Waals surface area (Å²) in [5, 5.41) is 0. The third-order valence-corrected chi connectivity index (χ3v) is 4.02. The first-order valence-corrected chi connectivity index (χ1v) is 7.33. The van der Waals surface area contributed by atoms with E-state index < -0.39 is 6.17 Å². The van der Waals surface area contributed by atoms with Crippen molar-refractivity contribution in [3.63, 3.8) is 0 Å². The van der Waals surface area contributed by atoms with E-state index in [2.05, 4.69) is 20.9 Å². The molecule has 2 aromatic carbocycles. The van der Waals surface area contributed by atoms with Crippen LogP contribution in [0.4, 0.5) is 5.69 Å². The second kappa shape index (κ2) is 5.42. The molecule has 1 heterocycles. The molecular formula is C16H14BrN3O. The standard InChI is InChI=1S/C16H14BrN3O/c1-20-13-5-3-2-4-12(13)14(19-15(18)16(20)21)10-6-8-11(17)9-7-10/h2-9,15H,18H2,1H3. The van der Waals surface area contributed by atoms with Gasteiger partial charge in [0.05, 0.1) is 11.4 Å². The Balaban J connectivity index is 2.22. The lowest BCUT2D eigenvalue weighted by Crippen LogP contribution is -2.39. The highest BCUT2D eigenvalue weighted by Gasteiger charge is 2.27. The number of likely N-dealkylation sites (N-methyl/N-ethyl adjacent to an activating group) is 1. The molecule has 21 heavy (non-hydrogen) atoms. The summed E-state index contributed by atoms with van der Waals surface area (Å²) in [5.74, 6) is -0.213. The van der Waals surface area contributed by atoms with E-state index >= 15 is 0 Å². The Morgan fingerprint density at radius 1 is 1.14 bits per heavy atom. The maximum Gasteiger partial charge on any atom is 0.266 e. The minimum absolute atomic E-state index is 0.213. The quantitative estimate of drug-likeness (QED) is 0.864. The number of aliphatic imine (C=N–C) groups is 1. The highest BCUT2D eigenvalue weighted by Crippen LogP contribution is 2.27. The van der Waals surface area contributed by atoms with Gasteiger partial charge in [-0.25, -0.2) is 0 Å². The van der Waals surface area contributed by atoms with Crippen molar-refractivity contribution in [2.24, 2.45) is 10.7 Å². The third kappa shape index (κ3) is 2.50. The molecule has 4 nitrogen and oxygen atoms in total. The topological polar surface area (TPSA) is 58.7 Å². The number of fused-ring (bicyclic) bond motifs is 1. The van der Waals surface area contributed by atoms with Gasteiger partial charge in [-0.15, -0.1) is 0 Å². The minimum atomic E-state index is -0.888. The fourth-order valence-corrected chi connectivity index (χ4v) is 2.65. The summed E-state index contributed by atoms with van der Waals surface area (Å²) >= 11 is 3.42. The summed E-state index contributed by atoms with van der Waals surface area (Å²) in [6.45, 7) is 0. The molecular weight excluding hydrogens is 330 g/mol. The van der Waals surface area contributed by atoms with Crippen LogP contribution in [-0.4, -0.2) is 24.8 Å². The van der Waals surface area contributed by atoms with Crippen molar-refractivity contribution >= 4 is 33.2 Å². The lowest BCUT2D eigenvalue weighted by atomic mass is 10.0. The van der Waals surface area contributed by atoms with Crippen molar-refractivity contribution in [3.8, 4) is 0 Å². The number of hydrogen-bond acceptors (Lipinski definition) is 3. The van der Waals surface area contributed by atoms with Crippen molar-refractivity contribution < 1.29 is 4.79 Å². The second-order valence-electron chi connectivity index (χ2n) is 4.84. The maximum absolute atomic E-state index is 12.2. The Morgan fingerprint density at radius 3 is 2.52 bits per heavy atom. The highest BCUT2D eigenvalue weighted by atomic mass is 79.9. The van der Waals surface area contributed by atoms with E-state index in [0.717, 1.165) is 27.0 Å². The van der Waals surface area contributed by atoms with Gasteiger partial charge in [0, 0.05) is 22.6 Å². The number of rotatable bonds is 1. The van der Waals surface area contributed by atoms with E-state index in [4.69, 9.17) is 5.73 Å². The summed E-state index contributed by atoms with van der Waals surface area (Å²) in [5.41, 5.74) is 9.31. The van der Waals surface area contributed by atoms with E-state index in [-0.39, 0.29) is 5.91 Å². The number of carbonyl (C=O) groups is 1. The van der Waals surface area contributed by atoms with E-state index in [1.54, 1.807) is 11.9 Å². The van der Waals surface area contributed by atoms with Crippen molar-refractivity contribution in [2.45, 2.75) is 6.17 Å². The van der Waals surface area contributed by atoms with Gasteiger partial charge in [0.15, 0.2) is 6.17 Å². The first-order chi connectivity index (χ1) is 10.1. The van der Waals surface area contributed by atoms with Gasteiger partial charge in [0.1, 0.15) is 0 Å². The van der Waals surface area contributed by atoms with Gasteiger partial charge in [-0.3, -0.25) is 9.79 Å². The van der Waals surface area contributed by atoms with Crippen LogP contribution >= 0.6 is 15.9 Å². The molecule has 5 heteroatoms. The normalized spacial score (nSPS) is 18.0. The number of para-hydroxylation sites is 1. The van der Waals surface area contributed by atoms with Gasteiger partial charge in [-0.2, -0.15) is 0 Å². The zero-order valence-electron chi connectivity index (χ0n) is 11.5. The van der Waals surface area contributed by atoms with Crippen LogP contribution < -0.4 is 10.6 Å². The lowest BCUT2D eigenvalue weighted by Gasteiger charge is -2.18. The lowest BCUT2D eigenvalue weighted by molar-refractivity contribution is -0.119. The molecule has 106 valence electrons. The highest BCUT2D eigenvalue weighted by molar-refractivity contribution is 9.10. The Kier molecular flexibility index (Phi) is 3.61. The first-order valence-electron chi connectivity index (χ1n) is 6.54. The number of benzodiazepines with no additional fused rings is 1. The van der Waals surface area contributed by atoms with Crippen LogP contribution in [0.1, 0.15) is 11.1 Å². The molecule has 0 aromatic heterocycles. The minimum Gasteiger partial charge on any atom is -0.312 e. The maximum atomic E-state index is 12.2. The summed E-state index contributed by atoms with van der Waals surface area (Å²) < 4.78 is 0.992. The van der Waals surface area contributed by atoms with Gasteiger partial charge in [0.2, 0.25) is 0 Å². The number of amides is 1. The molecule has 0 fully saturated rings. The Bertz CT molecular complexity index is 725. The van der Waals surface area contributed by atoms with Gasteiger partial charge < -0.3 is 10.6 Å². The average molecular weight is 344 g/mol. The molecule has 0 saturated heterocycles. The largest absolute Gasteiger partial charge is 0.312 e. The number of halogens is 1. The fourth-order valence-electron chi connectivity index (χ4n) is 2.39. The molecule has 0 radical (unpaired) electrons. The number of nitrogens with zero attached hydrogens (tertiary/aromatic N) is 2. The molecule has 1 unspecified atom stereocenters. The van der Waals surface area contributed by atoms with Gasteiger partial charge in [-0.05, 0) is 18.2 Å². The van der Waals surface area contributed by atoms with E-state index in [1.165, 1.54) is 0 Å². The van der Waals surface area contributed by atoms with Crippen LogP contribution in [0.5, 0.6) is 0 Å². The molecule has 0 bridgehead atoms. The number of hydrogen-bond donors (Lipinski definition) is 1. The number of carbonyl (C=O) groups excluding carboxylic acids is 1. The van der Waals surface area contributed by atoms with E-state index in [9.17, 15) is 4.79 Å². The van der Waals surface area contributed by atoms with Crippen molar-refractivity contribution in [1.29, 1.82) is 0 Å². The van der Waals surface area contributed by atoms with Gasteiger partial charge >= 0.3 is 0 Å². The summed E-state index contributed by atoms with van der Waals surface area (Å²) in [6.07, 6.45) is -0.888. The van der Waals surface area contributed by atoms with Crippen LogP contribution in [0, 0.1) is 0 Å². The number of nitrogens with two attached hydrogens (primary N) is 1. The van der Waals surface area contributed by atoms with E-state index in [1.807, 2.05) is 48.5 Å². The summed E-state index contributed by atoms with van der Waals surface area (Å²) in [6, 6.07) is 15.5. The molecule has 2 aromatic rings. The van der Waals surface area contributed by atoms with Crippen LogP contribution in [-0.2, 0) is 4.79 Å². The van der Waals surface area contributed by atoms with Gasteiger partial charge in [-0.1, -0.05) is 46.3 Å². The third-order valence-electron chi connectivity index (χ3n) is 3.49. The summed E-state index contributed by atoms with van der Waals surface area (Å²) in [4.78, 5) is 18.2. The Labute approximate surface area is 131 Å². The molecule has 1 aliphatic rings. The zero-order valence-corrected chi connectivity index (χ0v) is 13.0. The van der Waals surface area contributed by atoms with Crippen molar-refractivity contribution in [1.82, 2.24) is 0 Å². The molecule has 1 aliphatic heterocycles. The fraction of sp³-hybridized carbons (Fsp3) is 0.125. The van der Waals surface area contributed by atoms with Crippen LogP contribution in [0.15, 0.2) is 58.0 Å². The average Bonchev–Trinajstić information content (AvgIpc) is 2.60. The second-order valence-corrected chi connectivity index (χ2v) is 5.76. The number of benzene rings is 2. The summed E-state index contributed by atoms with van der Waals surface area (Å²) in [7, 11) is 1.72. The zero-order chi connectivity index (χ0) is 15.0. The SMILES string of the molecule is CN1C(=O)C(N)N=C(c2ccc(Br)cc2)c2ccccc21. The first kappa shape index (κ1) is 14.0. The predicted molar refractivity (Wildman–Crippen MR) is 87.6 cm³/mol. The smallest absolute Gasteiger partial charge is 0.266 e. The molecule has 1 atom stereocenters. The molecule has 3 rings (SSSR count). The Morgan fingerprint density at radius 2 is 1.81 bits per heavy atom. The van der Waals surface area contributed by atoms with Crippen LogP contribution in [0.2, 0.25) is 0 Å². The van der Waals surface area contributed by atoms with Crippen LogP contribution in [0.25, 0.3) is 0 Å². The molecule has 2 N–H and O–H groups in total. The van der Waals surface area contributed by atoms with E-state index in [0.29, 0.717) is 0 Å². The van der Waals surface area contributed by atoms with Crippen molar-refractivity contribution in [3.05, 3.63) is 64.1 Å². The predicted octanol–water partition coefficient (Wildman–Crippen LogP) is 2.55. The molecule has 0 aliphatic carbocycles. The molecule has 1 amide bonds.